The summed E-state index contributed by atoms with van der Waals surface area (Å²) in [7, 11) is 2.21. The molecule has 2 aliphatic heterocycles. The van der Waals surface area contributed by atoms with Crippen LogP contribution in [0.4, 0.5) is 5.69 Å². The smallest absolute Gasteiger partial charge is 0.326 e. The molecule has 1 aromatic carbocycles. The third-order valence-electron chi connectivity index (χ3n) is 9.66. The van der Waals surface area contributed by atoms with Crippen molar-refractivity contribution in [3.05, 3.63) is 17.2 Å². The van der Waals surface area contributed by atoms with Crippen molar-refractivity contribution in [1.29, 1.82) is 0 Å². The molecule has 0 aromatic heterocycles. The molecule has 2 heterocycles. The zero-order valence-corrected chi connectivity index (χ0v) is 20.3. The summed E-state index contributed by atoms with van der Waals surface area (Å²) in [5, 5.41) is 45.0. The van der Waals surface area contributed by atoms with Crippen LogP contribution in [0.1, 0.15) is 56.1 Å². The molecular formula is C26H33N2O8+. The van der Waals surface area contributed by atoms with E-state index in [1.54, 1.807) is 6.07 Å². The second-order valence-corrected chi connectivity index (χ2v) is 11.8. The predicted octanol–water partition coefficient (Wildman–Crippen LogP) is 1.40. The van der Waals surface area contributed by atoms with Gasteiger partial charge in [0, 0.05) is 37.2 Å². The van der Waals surface area contributed by atoms with Crippen molar-refractivity contribution < 1.29 is 44.0 Å². The fraction of sp³-hybridized carbons (Fsp3) is 0.654. The number of aliphatic hydroxyl groups is 1. The summed E-state index contributed by atoms with van der Waals surface area (Å²) in [6.07, 6.45) is 2.61. The van der Waals surface area contributed by atoms with Crippen molar-refractivity contribution in [1.82, 2.24) is 0 Å². The minimum Gasteiger partial charge on any atom is -0.506 e. The fourth-order valence-corrected chi connectivity index (χ4v) is 7.85. The zero-order valence-electron chi connectivity index (χ0n) is 20.3. The second-order valence-electron chi connectivity index (χ2n) is 11.8. The average molecular weight is 502 g/mol. The summed E-state index contributed by atoms with van der Waals surface area (Å²) in [6.45, 7) is 1.79. The van der Waals surface area contributed by atoms with Crippen LogP contribution < -0.4 is 10.1 Å². The molecule has 1 saturated heterocycles. The summed E-state index contributed by atoms with van der Waals surface area (Å²) in [6, 6.07) is 0.203. The highest BCUT2D eigenvalue weighted by Gasteiger charge is 2.76. The number of ether oxygens (including phenoxy) is 1. The first-order valence-corrected chi connectivity index (χ1v) is 12.9. The molecule has 2 saturated carbocycles. The van der Waals surface area contributed by atoms with E-state index in [4.69, 9.17) is 9.84 Å². The van der Waals surface area contributed by atoms with Gasteiger partial charge in [-0.05, 0) is 37.3 Å². The van der Waals surface area contributed by atoms with Gasteiger partial charge in [-0.2, -0.15) is 0 Å². The van der Waals surface area contributed by atoms with Gasteiger partial charge in [0.05, 0.1) is 25.6 Å². The molecule has 5 aliphatic rings. The number of anilines is 1. The van der Waals surface area contributed by atoms with Crippen molar-refractivity contribution in [2.45, 2.75) is 80.6 Å². The van der Waals surface area contributed by atoms with Crippen LogP contribution in [0.15, 0.2) is 6.07 Å². The highest BCUT2D eigenvalue weighted by Crippen LogP contribution is 2.66. The SMILES string of the molecule is C[N@+]1(CC2CC2)CC[C@]23c4c5cc(O)c(N[C@@H](CCC(=O)O)C(=O)O)c4O[C@H]2C(=O)CC[C@@]3(O)[C@@H]1C5. The summed E-state index contributed by atoms with van der Waals surface area (Å²) in [4.78, 5) is 36.1. The standard InChI is InChI=1S/C26H32N2O8/c1-28(12-13-2-3-13)9-8-25-20-14-10-17(30)21(27-15(24(33)34)4-5-19(31)32)22(20)36-23(25)16(29)6-7-26(25,35)18(28)11-14/h10,13,15,18,23,27,35H,2-9,11-12H2,1H3,(H2-,30,31,32,33,34)/p+1/t15-,18-,23-,25-,26+,28+/m0/s1. The molecule has 194 valence electrons. The van der Waals surface area contributed by atoms with Crippen molar-refractivity contribution in [3.63, 3.8) is 0 Å². The first-order chi connectivity index (χ1) is 17.0. The number of aliphatic carboxylic acids is 2. The molecule has 10 nitrogen and oxygen atoms in total. The lowest BCUT2D eigenvalue weighted by molar-refractivity contribution is -0.950. The number of carbonyl (C=O) groups excluding carboxylic acids is 1. The molecule has 10 heteroatoms. The van der Waals surface area contributed by atoms with E-state index in [1.807, 2.05) is 0 Å². The lowest BCUT2D eigenvalue weighted by Gasteiger charge is -2.64. The number of benzene rings is 1. The van der Waals surface area contributed by atoms with Crippen LogP contribution in [0.25, 0.3) is 0 Å². The molecule has 3 aliphatic carbocycles. The number of aromatic hydroxyl groups is 1. The minimum atomic E-state index is -1.28. The first kappa shape index (κ1) is 23.5. The van der Waals surface area contributed by atoms with E-state index >= 15 is 0 Å². The molecule has 36 heavy (non-hydrogen) atoms. The van der Waals surface area contributed by atoms with Gasteiger partial charge in [0.1, 0.15) is 29.1 Å². The maximum absolute atomic E-state index is 13.2. The van der Waals surface area contributed by atoms with Crippen molar-refractivity contribution in [2.24, 2.45) is 5.92 Å². The lowest BCUT2D eigenvalue weighted by Crippen LogP contribution is -2.80. The number of piperidine rings is 1. The van der Waals surface area contributed by atoms with Crippen molar-refractivity contribution in [3.8, 4) is 11.5 Å². The Morgan fingerprint density at radius 3 is 2.69 bits per heavy atom. The van der Waals surface area contributed by atoms with Gasteiger partial charge >= 0.3 is 11.9 Å². The van der Waals surface area contributed by atoms with Crippen LogP contribution in [0.2, 0.25) is 0 Å². The number of hydrogen-bond acceptors (Lipinski definition) is 7. The predicted molar refractivity (Wildman–Crippen MR) is 126 cm³/mol. The molecule has 1 aromatic rings. The van der Waals surface area contributed by atoms with Gasteiger partial charge in [0.2, 0.25) is 0 Å². The van der Waals surface area contributed by atoms with Crippen LogP contribution in [-0.4, -0.2) is 86.6 Å². The Labute approximate surface area is 208 Å². The maximum Gasteiger partial charge on any atom is 0.326 e. The summed E-state index contributed by atoms with van der Waals surface area (Å²) < 4.78 is 7.02. The largest absolute Gasteiger partial charge is 0.506 e. The monoisotopic (exact) mass is 501 g/mol. The first-order valence-electron chi connectivity index (χ1n) is 12.9. The molecule has 6 atom stereocenters. The van der Waals surface area contributed by atoms with E-state index in [1.165, 1.54) is 12.8 Å². The average Bonchev–Trinajstić information content (AvgIpc) is 3.53. The van der Waals surface area contributed by atoms with E-state index in [-0.39, 0.29) is 48.3 Å². The Kier molecular flexibility index (Phi) is 4.96. The van der Waals surface area contributed by atoms with Crippen LogP contribution in [0, 0.1) is 5.92 Å². The Balaban J connectivity index is 1.48. The number of Topliss-reactive ketones (excluding diaryl/α,β-unsaturated/α-hetero) is 1. The molecule has 0 amide bonds. The van der Waals surface area contributed by atoms with Gasteiger partial charge < -0.3 is 35.0 Å². The highest BCUT2D eigenvalue weighted by atomic mass is 16.5. The van der Waals surface area contributed by atoms with Crippen LogP contribution in [0.5, 0.6) is 11.5 Å². The molecular weight excluding hydrogens is 468 g/mol. The van der Waals surface area contributed by atoms with Gasteiger partial charge in [-0.1, -0.05) is 0 Å². The lowest BCUT2D eigenvalue weighted by atomic mass is 9.48. The zero-order chi connectivity index (χ0) is 25.6. The quantitative estimate of drug-likeness (QED) is 0.263. The van der Waals surface area contributed by atoms with E-state index in [2.05, 4.69) is 12.4 Å². The minimum absolute atomic E-state index is 0.0460. The number of nitrogens with zero attached hydrogens (tertiary/aromatic N) is 1. The molecule has 6 rings (SSSR count). The Bertz CT molecular complexity index is 1180. The number of ketones is 1. The number of phenolic OH excluding ortho intramolecular Hbond substituents is 1. The number of carboxylic acid groups (broad SMARTS) is 2. The molecule has 2 bridgehead atoms. The third-order valence-corrected chi connectivity index (χ3v) is 9.66. The number of quaternary nitrogens is 1. The highest BCUT2D eigenvalue weighted by molar-refractivity contribution is 5.92. The van der Waals surface area contributed by atoms with E-state index < -0.39 is 35.1 Å². The third kappa shape index (κ3) is 3.06. The second kappa shape index (κ2) is 7.58. The number of carboxylic acids is 2. The summed E-state index contributed by atoms with van der Waals surface area (Å²) in [5.74, 6) is -1.79. The summed E-state index contributed by atoms with van der Waals surface area (Å²) in [5.41, 5.74) is -0.516. The normalized spacial score (nSPS) is 36.6. The van der Waals surface area contributed by atoms with Gasteiger partial charge in [0.15, 0.2) is 17.6 Å². The Morgan fingerprint density at radius 2 is 2.03 bits per heavy atom. The fourth-order valence-electron chi connectivity index (χ4n) is 7.85. The van der Waals surface area contributed by atoms with Crippen LogP contribution in [-0.2, 0) is 26.2 Å². The number of phenols is 1. The van der Waals surface area contributed by atoms with Crippen LogP contribution in [0.3, 0.4) is 0 Å². The maximum atomic E-state index is 13.2. The van der Waals surface area contributed by atoms with Gasteiger partial charge in [-0.25, -0.2) is 4.79 Å². The van der Waals surface area contributed by atoms with Gasteiger partial charge in [-0.3, -0.25) is 9.59 Å². The number of likely N-dealkylation sites (N-methyl/N-ethyl adjacent to an activating group) is 1. The van der Waals surface area contributed by atoms with E-state index in [9.17, 15) is 29.7 Å². The molecule has 3 fully saturated rings. The Hall–Kier alpha value is -2.85. The van der Waals surface area contributed by atoms with Gasteiger partial charge in [-0.15, -0.1) is 0 Å². The van der Waals surface area contributed by atoms with Crippen LogP contribution >= 0.6 is 0 Å². The number of nitrogens with one attached hydrogen (secondary N) is 1. The molecule has 0 unspecified atom stereocenters. The number of carbonyl (C=O) groups is 3. The molecule has 0 radical (unpaired) electrons. The molecule has 1 spiro atoms. The van der Waals surface area contributed by atoms with Crippen molar-refractivity contribution in [2.75, 3.05) is 25.5 Å². The van der Waals surface area contributed by atoms with E-state index in [0.717, 1.165) is 23.1 Å². The topological polar surface area (TPSA) is 153 Å². The number of hydrogen-bond donors (Lipinski definition) is 5. The Morgan fingerprint density at radius 1 is 1.28 bits per heavy atom. The molecule has 5 N–H and O–H groups in total. The van der Waals surface area contributed by atoms with Gasteiger partial charge in [0.25, 0.3) is 0 Å². The summed E-state index contributed by atoms with van der Waals surface area (Å²) >= 11 is 0. The van der Waals surface area contributed by atoms with E-state index in [0.29, 0.717) is 30.7 Å². The number of likely N-dealkylation sites (tertiary alicyclic amines) is 1. The van der Waals surface area contributed by atoms with Crippen molar-refractivity contribution >= 4 is 23.4 Å². The number of rotatable bonds is 8.